The molecule has 4 heteroatoms. The molecule has 1 aromatic carbocycles. The van der Waals surface area contributed by atoms with Crippen LogP contribution in [0.4, 0.5) is 4.79 Å². The van der Waals surface area contributed by atoms with Gasteiger partial charge < -0.3 is 10.5 Å². The summed E-state index contributed by atoms with van der Waals surface area (Å²) in [4.78, 5) is 10.2. The van der Waals surface area contributed by atoms with E-state index in [2.05, 4.69) is 27.3 Å². The molecule has 0 aromatic heterocycles. The molecule has 0 radical (unpaired) electrons. The van der Waals surface area contributed by atoms with Gasteiger partial charge in [-0.2, -0.15) is 0 Å². The Morgan fingerprint density at radius 3 is 2.50 bits per heavy atom. The number of amides is 1. The number of rotatable bonds is 2. The maximum absolute atomic E-state index is 10.2. The lowest BCUT2D eigenvalue weighted by atomic mass is 10.2. The van der Waals surface area contributed by atoms with Gasteiger partial charge >= 0.3 is 6.09 Å². The highest BCUT2D eigenvalue weighted by Gasteiger charge is 1.95. The van der Waals surface area contributed by atoms with Crippen molar-refractivity contribution >= 4 is 28.7 Å². The first kappa shape index (κ1) is 9.31. The van der Waals surface area contributed by atoms with Gasteiger partial charge in [-0.3, -0.25) is 0 Å². The van der Waals surface area contributed by atoms with Gasteiger partial charge in [0.05, 0.1) is 0 Å². The Morgan fingerprint density at radius 2 is 2.00 bits per heavy atom. The van der Waals surface area contributed by atoms with Crippen LogP contribution in [-0.2, 0) is 11.3 Å². The van der Waals surface area contributed by atoms with Gasteiger partial charge in [0.2, 0.25) is 0 Å². The number of primary amides is 1. The van der Waals surface area contributed by atoms with Crippen LogP contribution >= 0.6 is 22.6 Å². The lowest BCUT2D eigenvalue weighted by molar-refractivity contribution is 0.150. The van der Waals surface area contributed by atoms with Crippen LogP contribution in [-0.4, -0.2) is 6.09 Å². The molecule has 0 saturated heterocycles. The summed E-state index contributed by atoms with van der Waals surface area (Å²) in [6.45, 7) is 0.242. The molecule has 64 valence electrons. The maximum atomic E-state index is 10.2. The van der Waals surface area contributed by atoms with E-state index in [1.165, 1.54) is 0 Å². The first-order valence-corrected chi connectivity index (χ1v) is 4.43. The van der Waals surface area contributed by atoms with Gasteiger partial charge in [0.15, 0.2) is 0 Å². The number of nitrogens with two attached hydrogens (primary N) is 1. The van der Waals surface area contributed by atoms with Crippen LogP contribution in [0.2, 0.25) is 0 Å². The highest BCUT2D eigenvalue weighted by atomic mass is 127. The van der Waals surface area contributed by atoms with Crippen LogP contribution < -0.4 is 5.73 Å². The number of ether oxygens (including phenoxy) is 1. The van der Waals surface area contributed by atoms with Crippen molar-refractivity contribution in [3.8, 4) is 0 Å². The largest absolute Gasteiger partial charge is 0.445 e. The van der Waals surface area contributed by atoms with E-state index in [1.807, 2.05) is 24.3 Å². The zero-order chi connectivity index (χ0) is 8.97. The third-order valence-electron chi connectivity index (χ3n) is 1.29. The summed E-state index contributed by atoms with van der Waals surface area (Å²) in [5, 5.41) is 0. The summed E-state index contributed by atoms with van der Waals surface area (Å²) >= 11 is 2.21. The van der Waals surface area contributed by atoms with Gasteiger partial charge in [-0.05, 0) is 40.3 Å². The second-order valence-corrected chi connectivity index (χ2v) is 3.48. The van der Waals surface area contributed by atoms with Crippen molar-refractivity contribution in [2.75, 3.05) is 0 Å². The van der Waals surface area contributed by atoms with Crippen LogP contribution in [0.25, 0.3) is 0 Å². The number of hydrogen-bond acceptors (Lipinski definition) is 2. The number of carbonyl (C=O) groups is 1. The first-order chi connectivity index (χ1) is 5.68. The minimum atomic E-state index is -0.742. The zero-order valence-corrected chi connectivity index (χ0v) is 8.45. The second kappa shape index (κ2) is 4.30. The molecule has 0 atom stereocenters. The molecule has 1 amide bonds. The van der Waals surface area contributed by atoms with Crippen LogP contribution in [0.5, 0.6) is 0 Å². The van der Waals surface area contributed by atoms with Crippen LogP contribution in [0.1, 0.15) is 5.56 Å². The molecule has 0 spiro atoms. The molecule has 0 aliphatic carbocycles. The quantitative estimate of drug-likeness (QED) is 0.839. The molecule has 2 N–H and O–H groups in total. The molecule has 0 unspecified atom stereocenters. The molecule has 3 nitrogen and oxygen atoms in total. The van der Waals surface area contributed by atoms with Crippen molar-refractivity contribution in [1.82, 2.24) is 0 Å². The summed E-state index contributed by atoms with van der Waals surface area (Å²) in [7, 11) is 0. The third kappa shape index (κ3) is 3.08. The average molecular weight is 277 g/mol. The summed E-state index contributed by atoms with van der Waals surface area (Å²) in [6.07, 6.45) is -0.742. The van der Waals surface area contributed by atoms with Gasteiger partial charge in [-0.25, -0.2) is 4.79 Å². The molecular formula is C8H8INO2. The van der Waals surface area contributed by atoms with Crippen molar-refractivity contribution in [2.24, 2.45) is 5.73 Å². The Bertz CT molecular complexity index is 271. The minimum absolute atomic E-state index is 0.242. The Balaban J connectivity index is 2.53. The highest BCUT2D eigenvalue weighted by molar-refractivity contribution is 14.1. The minimum Gasteiger partial charge on any atom is -0.445 e. The Morgan fingerprint density at radius 1 is 1.42 bits per heavy atom. The van der Waals surface area contributed by atoms with Crippen molar-refractivity contribution < 1.29 is 9.53 Å². The van der Waals surface area contributed by atoms with Crippen LogP contribution in [0.15, 0.2) is 24.3 Å². The fraction of sp³-hybridized carbons (Fsp3) is 0.125. The molecule has 0 aliphatic heterocycles. The highest BCUT2D eigenvalue weighted by Crippen LogP contribution is 2.07. The molecule has 1 aromatic rings. The topological polar surface area (TPSA) is 52.3 Å². The molecular weight excluding hydrogens is 269 g/mol. The smallest absolute Gasteiger partial charge is 0.404 e. The Hall–Kier alpha value is -0.780. The normalized spacial score (nSPS) is 9.42. The first-order valence-electron chi connectivity index (χ1n) is 3.35. The maximum Gasteiger partial charge on any atom is 0.404 e. The van der Waals surface area contributed by atoms with E-state index < -0.39 is 6.09 Å². The van der Waals surface area contributed by atoms with E-state index in [0.29, 0.717) is 0 Å². The number of hydrogen-bond donors (Lipinski definition) is 1. The number of halogens is 1. The predicted octanol–water partition coefficient (Wildman–Crippen LogP) is 1.89. The standard InChI is InChI=1S/C8H8INO2/c9-7-3-1-6(2-4-7)5-12-8(10)11/h1-4H,5H2,(H2,10,11). The van der Waals surface area contributed by atoms with E-state index >= 15 is 0 Å². The molecule has 1 rings (SSSR count). The summed E-state index contributed by atoms with van der Waals surface area (Å²) in [6, 6.07) is 7.68. The van der Waals surface area contributed by atoms with E-state index in [1.54, 1.807) is 0 Å². The van der Waals surface area contributed by atoms with E-state index in [-0.39, 0.29) is 6.61 Å². The lowest BCUT2D eigenvalue weighted by Gasteiger charge is -2.00. The zero-order valence-electron chi connectivity index (χ0n) is 6.29. The Labute approximate surface area is 84.0 Å². The molecule has 0 saturated carbocycles. The Kier molecular flexibility index (Phi) is 3.33. The van der Waals surface area contributed by atoms with E-state index in [0.717, 1.165) is 9.13 Å². The van der Waals surface area contributed by atoms with Crippen LogP contribution in [0.3, 0.4) is 0 Å². The summed E-state index contributed by atoms with van der Waals surface area (Å²) < 4.78 is 5.75. The fourth-order valence-corrected chi connectivity index (χ4v) is 1.09. The van der Waals surface area contributed by atoms with Crippen molar-refractivity contribution in [2.45, 2.75) is 6.61 Å². The van der Waals surface area contributed by atoms with E-state index in [9.17, 15) is 4.79 Å². The lowest BCUT2D eigenvalue weighted by Crippen LogP contribution is -2.12. The van der Waals surface area contributed by atoms with E-state index in [4.69, 9.17) is 5.73 Å². The van der Waals surface area contributed by atoms with Crippen LogP contribution in [0, 0.1) is 3.57 Å². The molecule has 0 fully saturated rings. The van der Waals surface area contributed by atoms with Gasteiger partial charge in [0.25, 0.3) is 0 Å². The summed E-state index contributed by atoms with van der Waals surface area (Å²) in [5.41, 5.74) is 5.75. The van der Waals surface area contributed by atoms with Gasteiger partial charge in [-0.15, -0.1) is 0 Å². The molecule has 0 aliphatic rings. The van der Waals surface area contributed by atoms with Crippen molar-refractivity contribution in [3.63, 3.8) is 0 Å². The monoisotopic (exact) mass is 277 g/mol. The average Bonchev–Trinajstić information content (AvgIpc) is 2.03. The molecule has 12 heavy (non-hydrogen) atoms. The van der Waals surface area contributed by atoms with Crippen molar-refractivity contribution in [1.29, 1.82) is 0 Å². The van der Waals surface area contributed by atoms with Gasteiger partial charge in [0.1, 0.15) is 6.61 Å². The summed E-state index contributed by atoms with van der Waals surface area (Å²) in [5.74, 6) is 0. The second-order valence-electron chi connectivity index (χ2n) is 2.23. The van der Waals surface area contributed by atoms with Gasteiger partial charge in [-0.1, -0.05) is 12.1 Å². The van der Waals surface area contributed by atoms with Crippen molar-refractivity contribution in [3.05, 3.63) is 33.4 Å². The van der Waals surface area contributed by atoms with Gasteiger partial charge in [0, 0.05) is 3.57 Å². The predicted molar refractivity (Wildman–Crippen MR) is 53.5 cm³/mol. The third-order valence-corrected chi connectivity index (χ3v) is 2.01. The number of carbonyl (C=O) groups excluding carboxylic acids is 1. The number of benzene rings is 1. The fourth-order valence-electron chi connectivity index (χ4n) is 0.735. The SMILES string of the molecule is NC(=O)OCc1ccc(I)cc1. The molecule has 0 heterocycles. The molecule has 0 bridgehead atoms.